The number of amides is 2. The van der Waals surface area contributed by atoms with Gasteiger partial charge in [-0.3, -0.25) is 19.3 Å². The Hall–Kier alpha value is -2.70. The van der Waals surface area contributed by atoms with Crippen LogP contribution in [0.15, 0.2) is 36.8 Å². The maximum absolute atomic E-state index is 12.6. The molecule has 1 atom stereocenters. The van der Waals surface area contributed by atoms with Crippen LogP contribution in [0, 0.1) is 12.8 Å². The third kappa shape index (κ3) is 4.65. The summed E-state index contributed by atoms with van der Waals surface area (Å²) in [6.07, 6.45) is 7.00. The van der Waals surface area contributed by atoms with Gasteiger partial charge in [0, 0.05) is 43.9 Å². The summed E-state index contributed by atoms with van der Waals surface area (Å²) in [5, 5.41) is 6.97. The number of rotatable bonds is 5. The van der Waals surface area contributed by atoms with Crippen molar-refractivity contribution in [2.24, 2.45) is 5.92 Å². The molecule has 1 aliphatic heterocycles. The summed E-state index contributed by atoms with van der Waals surface area (Å²) in [7, 11) is 0. The van der Waals surface area contributed by atoms with E-state index in [1.54, 1.807) is 29.3 Å². The van der Waals surface area contributed by atoms with Crippen LogP contribution < -0.4 is 5.32 Å². The molecule has 1 aliphatic rings. The third-order valence-electron chi connectivity index (χ3n) is 4.42. The Kier molecular flexibility index (Phi) is 5.42. The van der Waals surface area contributed by atoms with Crippen LogP contribution in [0.25, 0.3) is 0 Å². The molecule has 1 saturated heterocycles. The number of piperidine rings is 1. The number of nitrogens with zero attached hydrogens (tertiary/aromatic N) is 4. The molecular formula is C18H23N5O2. The molecule has 25 heavy (non-hydrogen) atoms. The Morgan fingerprint density at radius 2 is 2.24 bits per heavy atom. The third-order valence-corrected chi connectivity index (χ3v) is 4.42. The quantitative estimate of drug-likeness (QED) is 0.888. The summed E-state index contributed by atoms with van der Waals surface area (Å²) in [4.78, 5) is 30.6. The molecule has 7 heteroatoms. The van der Waals surface area contributed by atoms with Crippen LogP contribution in [-0.4, -0.2) is 51.1 Å². The minimum absolute atomic E-state index is 0.0140. The Bertz CT molecular complexity index is 712. The molecule has 2 aromatic rings. The highest BCUT2D eigenvalue weighted by molar-refractivity contribution is 5.94. The number of carbonyl (C=O) groups excluding carboxylic acids is 2. The first-order valence-electron chi connectivity index (χ1n) is 8.58. The zero-order valence-corrected chi connectivity index (χ0v) is 14.4. The number of hydrogen-bond acceptors (Lipinski definition) is 4. The minimum Gasteiger partial charge on any atom is -0.354 e. The van der Waals surface area contributed by atoms with E-state index in [4.69, 9.17) is 0 Å². The number of aromatic nitrogens is 3. The fraction of sp³-hybridized carbons (Fsp3) is 0.444. The van der Waals surface area contributed by atoms with Gasteiger partial charge in [0.2, 0.25) is 5.91 Å². The van der Waals surface area contributed by atoms with Crippen molar-refractivity contribution in [3.8, 4) is 0 Å². The molecule has 132 valence electrons. The summed E-state index contributed by atoms with van der Waals surface area (Å²) in [6.45, 7) is 4.11. The summed E-state index contributed by atoms with van der Waals surface area (Å²) in [6, 6.07) is 5.46. The van der Waals surface area contributed by atoms with Crippen LogP contribution in [0.4, 0.5) is 0 Å². The van der Waals surface area contributed by atoms with E-state index in [1.807, 2.05) is 24.0 Å². The van der Waals surface area contributed by atoms with Crippen molar-refractivity contribution in [2.75, 3.05) is 19.6 Å². The fourth-order valence-electron chi connectivity index (χ4n) is 3.05. The van der Waals surface area contributed by atoms with Gasteiger partial charge in [-0.05, 0) is 43.9 Å². The van der Waals surface area contributed by atoms with Crippen molar-refractivity contribution in [1.29, 1.82) is 0 Å². The maximum atomic E-state index is 12.6. The molecular weight excluding hydrogens is 318 g/mol. The Labute approximate surface area is 147 Å². The lowest BCUT2D eigenvalue weighted by atomic mass is 9.97. The molecule has 0 aromatic carbocycles. The lowest BCUT2D eigenvalue weighted by molar-refractivity contribution is -0.122. The van der Waals surface area contributed by atoms with Gasteiger partial charge in [0.15, 0.2) is 0 Å². The van der Waals surface area contributed by atoms with Gasteiger partial charge in [-0.15, -0.1) is 0 Å². The van der Waals surface area contributed by atoms with E-state index in [-0.39, 0.29) is 24.3 Å². The van der Waals surface area contributed by atoms with Crippen LogP contribution in [-0.2, 0) is 11.3 Å². The number of pyridine rings is 1. The van der Waals surface area contributed by atoms with Gasteiger partial charge in [-0.2, -0.15) is 5.10 Å². The fourth-order valence-corrected chi connectivity index (χ4v) is 3.05. The first kappa shape index (κ1) is 17.1. The van der Waals surface area contributed by atoms with Crippen LogP contribution in [0.5, 0.6) is 0 Å². The molecule has 0 aliphatic carbocycles. The lowest BCUT2D eigenvalue weighted by Gasteiger charge is -2.33. The number of aryl methyl sites for hydroxylation is 1. The second-order valence-electron chi connectivity index (χ2n) is 6.46. The van der Waals surface area contributed by atoms with Gasteiger partial charge >= 0.3 is 0 Å². The van der Waals surface area contributed by atoms with Crippen LogP contribution >= 0.6 is 0 Å². The molecule has 7 nitrogen and oxygen atoms in total. The van der Waals surface area contributed by atoms with Crippen molar-refractivity contribution in [3.63, 3.8) is 0 Å². The van der Waals surface area contributed by atoms with Crippen molar-refractivity contribution in [1.82, 2.24) is 25.0 Å². The number of nitrogens with one attached hydrogen (secondary N) is 1. The van der Waals surface area contributed by atoms with E-state index < -0.39 is 0 Å². The van der Waals surface area contributed by atoms with Gasteiger partial charge in [0.25, 0.3) is 5.91 Å². The average molecular weight is 341 g/mol. The second kappa shape index (κ2) is 7.92. The average Bonchev–Trinajstić information content (AvgIpc) is 3.13. The van der Waals surface area contributed by atoms with Crippen molar-refractivity contribution >= 4 is 11.8 Å². The number of carbonyl (C=O) groups is 2. The van der Waals surface area contributed by atoms with Crippen molar-refractivity contribution in [2.45, 2.75) is 26.3 Å². The summed E-state index contributed by atoms with van der Waals surface area (Å²) < 4.78 is 1.59. The Balaban J connectivity index is 1.49. The molecule has 0 saturated carbocycles. The molecule has 2 amide bonds. The first-order valence-corrected chi connectivity index (χ1v) is 8.58. The lowest BCUT2D eigenvalue weighted by Crippen LogP contribution is -2.44. The zero-order valence-electron chi connectivity index (χ0n) is 14.4. The van der Waals surface area contributed by atoms with E-state index in [9.17, 15) is 9.59 Å². The predicted molar refractivity (Wildman–Crippen MR) is 92.8 cm³/mol. The summed E-state index contributed by atoms with van der Waals surface area (Å²) in [5.41, 5.74) is 1.52. The first-order chi connectivity index (χ1) is 12.1. The number of hydrogen-bond donors (Lipinski definition) is 1. The molecule has 2 aromatic heterocycles. The van der Waals surface area contributed by atoms with E-state index >= 15 is 0 Å². The summed E-state index contributed by atoms with van der Waals surface area (Å²) >= 11 is 0. The van der Waals surface area contributed by atoms with E-state index in [0.29, 0.717) is 18.7 Å². The molecule has 1 unspecified atom stereocenters. The van der Waals surface area contributed by atoms with E-state index in [0.717, 1.165) is 25.1 Å². The van der Waals surface area contributed by atoms with Gasteiger partial charge in [-0.1, -0.05) is 0 Å². The largest absolute Gasteiger partial charge is 0.354 e. The normalized spacial score (nSPS) is 17.3. The van der Waals surface area contributed by atoms with Crippen LogP contribution in [0.1, 0.15) is 28.9 Å². The van der Waals surface area contributed by atoms with E-state index in [2.05, 4.69) is 15.4 Å². The molecule has 0 bridgehead atoms. The molecule has 1 N–H and O–H groups in total. The Morgan fingerprint density at radius 1 is 1.36 bits per heavy atom. The van der Waals surface area contributed by atoms with Gasteiger partial charge < -0.3 is 10.2 Å². The van der Waals surface area contributed by atoms with E-state index in [1.165, 1.54) is 0 Å². The SMILES string of the molecule is Cc1ccc(C(=O)N2CCCC(CNC(=O)Cn3cccn3)C2)cn1. The predicted octanol–water partition coefficient (Wildman–Crippen LogP) is 1.26. The standard InChI is InChI=1S/C18H23N5O2/c1-14-5-6-16(11-19-14)18(25)22-8-2-4-15(12-22)10-20-17(24)13-23-9-3-7-21-23/h3,5-7,9,11,15H,2,4,8,10,12-13H2,1H3,(H,20,24). The van der Waals surface area contributed by atoms with Gasteiger partial charge in [-0.25, -0.2) is 0 Å². The molecule has 0 radical (unpaired) electrons. The highest BCUT2D eigenvalue weighted by Crippen LogP contribution is 2.18. The highest BCUT2D eigenvalue weighted by atomic mass is 16.2. The molecule has 3 rings (SSSR count). The van der Waals surface area contributed by atoms with Crippen LogP contribution in [0.3, 0.4) is 0 Å². The zero-order chi connectivity index (χ0) is 17.6. The second-order valence-corrected chi connectivity index (χ2v) is 6.46. The smallest absolute Gasteiger partial charge is 0.255 e. The Morgan fingerprint density at radius 3 is 2.96 bits per heavy atom. The number of likely N-dealkylation sites (tertiary alicyclic amines) is 1. The van der Waals surface area contributed by atoms with Gasteiger partial charge in [0.1, 0.15) is 6.54 Å². The highest BCUT2D eigenvalue weighted by Gasteiger charge is 2.25. The molecule has 0 spiro atoms. The molecule has 3 heterocycles. The minimum atomic E-state index is -0.0603. The topological polar surface area (TPSA) is 80.1 Å². The molecule has 1 fully saturated rings. The maximum Gasteiger partial charge on any atom is 0.255 e. The van der Waals surface area contributed by atoms with Crippen molar-refractivity contribution < 1.29 is 9.59 Å². The van der Waals surface area contributed by atoms with Crippen LogP contribution in [0.2, 0.25) is 0 Å². The monoisotopic (exact) mass is 341 g/mol. The van der Waals surface area contributed by atoms with Gasteiger partial charge in [0.05, 0.1) is 5.56 Å². The van der Waals surface area contributed by atoms with Crippen molar-refractivity contribution in [3.05, 3.63) is 48.0 Å². The summed E-state index contributed by atoms with van der Waals surface area (Å²) in [5.74, 6) is 0.229.